The normalized spacial score (nSPS) is 13.2. The molecule has 0 spiro atoms. The maximum Gasteiger partial charge on any atom is 0.165 e. The topological polar surface area (TPSA) is 69.1 Å². The SMILES string of the molecule is Cc1nc(SCC(O)CO)[nH]c1C. The van der Waals surface area contributed by atoms with Gasteiger partial charge in [-0.1, -0.05) is 11.8 Å². The fourth-order valence-electron chi connectivity index (χ4n) is 0.811. The first-order chi connectivity index (χ1) is 6.13. The van der Waals surface area contributed by atoms with Gasteiger partial charge in [-0.3, -0.25) is 0 Å². The molecule has 74 valence electrons. The van der Waals surface area contributed by atoms with Crippen molar-refractivity contribution in [2.24, 2.45) is 0 Å². The minimum Gasteiger partial charge on any atom is -0.394 e. The predicted molar refractivity (Wildman–Crippen MR) is 51.9 cm³/mol. The zero-order valence-corrected chi connectivity index (χ0v) is 8.56. The standard InChI is InChI=1S/C8H14N2O2S/c1-5-6(2)10-8(9-5)13-4-7(12)3-11/h7,11-12H,3-4H2,1-2H3,(H,9,10). The molecule has 1 aromatic rings. The summed E-state index contributed by atoms with van der Waals surface area (Å²) in [5.41, 5.74) is 2.02. The van der Waals surface area contributed by atoms with Crippen LogP contribution in [-0.2, 0) is 0 Å². The second kappa shape index (κ2) is 4.64. The average Bonchev–Trinajstić information content (AvgIpc) is 2.42. The number of aliphatic hydroxyl groups excluding tert-OH is 2. The Morgan fingerprint density at radius 3 is 2.69 bits per heavy atom. The molecule has 13 heavy (non-hydrogen) atoms. The molecule has 5 heteroatoms. The molecular weight excluding hydrogens is 188 g/mol. The zero-order valence-electron chi connectivity index (χ0n) is 7.74. The van der Waals surface area contributed by atoms with Crippen LogP contribution >= 0.6 is 11.8 Å². The molecule has 1 rings (SSSR count). The van der Waals surface area contributed by atoms with Crippen LogP contribution in [0.5, 0.6) is 0 Å². The van der Waals surface area contributed by atoms with Crippen molar-refractivity contribution >= 4 is 11.8 Å². The zero-order chi connectivity index (χ0) is 9.84. The van der Waals surface area contributed by atoms with Crippen LogP contribution in [0.2, 0.25) is 0 Å². The molecule has 1 atom stereocenters. The first-order valence-corrected chi connectivity index (χ1v) is 5.07. The van der Waals surface area contributed by atoms with E-state index >= 15 is 0 Å². The molecule has 0 saturated heterocycles. The van der Waals surface area contributed by atoms with Crippen LogP contribution in [0, 0.1) is 13.8 Å². The predicted octanol–water partition coefficient (Wildman–Crippen LogP) is 0.472. The van der Waals surface area contributed by atoms with Crippen LogP contribution in [0.4, 0.5) is 0 Å². The van der Waals surface area contributed by atoms with Crippen LogP contribution in [-0.4, -0.2) is 38.6 Å². The van der Waals surface area contributed by atoms with Crippen LogP contribution < -0.4 is 0 Å². The summed E-state index contributed by atoms with van der Waals surface area (Å²) in [6.07, 6.45) is -0.671. The Labute approximate surface area is 81.4 Å². The highest BCUT2D eigenvalue weighted by molar-refractivity contribution is 7.99. The number of hydrogen-bond donors (Lipinski definition) is 3. The van der Waals surface area contributed by atoms with E-state index < -0.39 is 6.10 Å². The highest BCUT2D eigenvalue weighted by Crippen LogP contribution is 2.16. The Bertz CT molecular complexity index is 256. The quantitative estimate of drug-likeness (QED) is 0.621. The van der Waals surface area contributed by atoms with Gasteiger partial charge in [-0.2, -0.15) is 0 Å². The van der Waals surface area contributed by atoms with Crippen molar-refractivity contribution < 1.29 is 10.2 Å². The monoisotopic (exact) mass is 202 g/mol. The third-order valence-electron chi connectivity index (χ3n) is 1.73. The van der Waals surface area contributed by atoms with Gasteiger partial charge in [-0.25, -0.2) is 4.98 Å². The first-order valence-electron chi connectivity index (χ1n) is 4.08. The second-order valence-corrected chi connectivity index (χ2v) is 3.91. The van der Waals surface area contributed by atoms with Gasteiger partial charge >= 0.3 is 0 Å². The Morgan fingerprint density at radius 1 is 1.54 bits per heavy atom. The number of thioether (sulfide) groups is 1. The van der Waals surface area contributed by atoms with Crippen LogP contribution in [0.15, 0.2) is 5.16 Å². The number of H-pyrrole nitrogens is 1. The summed E-state index contributed by atoms with van der Waals surface area (Å²) in [4.78, 5) is 7.31. The summed E-state index contributed by atoms with van der Waals surface area (Å²) < 4.78 is 0. The lowest BCUT2D eigenvalue weighted by atomic mass is 10.4. The van der Waals surface area contributed by atoms with Crippen molar-refractivity contribution in [3.05, 3.63) is 11.4 Å². The molecular formula is C8H14N2O2S. The molecule has 0 aliphatic heterocycles. The van der Waals surface area contributed by atoms with Gasteiger partial charge in [-0.05, 0) is 13.8 Å². The van der Waals surface area contributed by atoms with E-state index in [0.29, 0.717) is 5.75 Å². The number of hydrogen-bond acceptors (Lipinski definition) is 4. The van der Waals surface area contributed by atoms with Crippen LogP contribution in [0.1, 0.15) is 11.4 Å². The van der Waals surface area contributed by atoms with E-state index in [1.54, 1.807) is 0 Å². The molecule has 0 fully saturated rings. The van der Waals surface area contributed by atoms with Gasteiger partial charge in [0, 0.05) is 11.4 Å². The lowest BCUT2D eigenvalue weighted by Gasteiger charge is -2.03. The molecule has 1 aromatic heterocycles. The maximum absolute atomic E-state index is 9.08. The summed E-state index contributed by atoms with van der Waals surface area (Å²) in [7, 11) is 0. The van der Waals surface area contributed by atoms with E-state index in [0.717, 1.165) is 16.5 Å². The van der Waals surface area contributed by atoms with Crippen molar-refractivity contribution in [2.45, 2.75) is 25.1 Å². The molecule has 0 aliphatic rings. The smallest absolute Gasteiger partial charge is 0.165 e. The molecule has 0 aromatic carbocycles. The number of nitrogens with zero attached hydrogens (tertiary/aromatic N) is 1. The Balaban J connectivity index is 2.45. The molecule has 0 amide bonds. The summed E-state index contributed by atoms with van der Waals surface area (Å²) in [6, 6.07) is 0. The lowest BCUT2D eigenvalue weighted by molar-refractivity contribution is 0.113. The number of rotatable bonds is 4. The molecule has 1 heterocycles. The van der Waals surface area contributed by atoms with Gasteiger partial charge in [0.15, 0.2) is 5.16 Å². The van der Waals surface area contributed by atoms with Crippen molar-refractivity contribution in [3.63, 3.8) is 0 Å². The highest BCUT2D eigenvalue weighted by Gasteiger charge is 2.06. The van der Waals surface area contributed by atoms with Crippen molar-refractivity contribution in [3.8, 4) is 0 Å². The summed E-state index contributed by atoms with van der Waals surface area (Å²) in [6.45, 7) is 3.68. The Hall–Kier alpha value is -0.520. The number of nitrogens with one attached hydrogen (secondary N) is 1. The Kier molecular flexibility index (Phi) is 3.77. The van der Waals surface area contributed by atoms with E-state index in [2.05, 4.69) is 9.97 Å². The summed E-state index contributed by atoms with van der Waals surface area (Å²) >= 11 is 1.41. The van der Waals surface area contributed by atoms with Gasteiger partial charge in [0.2, 0.25) is 0 Å². The van der Waals surface area contributed by atoms with E-state index in [-0.39, 0.29) is 6.61 Å². The van der Waals surface area contributed by atoms with E-state index in [9.17, 15) is 0 Å². The van der Waals surface area contributed by atoms with Crippen molar-refractivity contribution in [2.75, 3.05) is 12.4 Å². The number of aryl methyl sites for hydroxylation is 2. The van der Waals surface area contributed by atoms with Crippen LogP contribution in [0.25, 0.3) is 0 Å². The van der Waals surface area contributed by atoms with Crippen molar-refractivity contribution in [1.82, 2.24) is 9.97 Å². The third-order valence-corrected chi connectivity index (χ3v) is 2.75. The van der Waals surface area contributed by atoms with Gasteiger partial charge in [0.25, 0.3) is 0 Å². The molecule has 0 bridgehead atoms. The second-order valence-electron chi connectivity index (χ2n) is 2.90. The van der Waals surface area contributed by atoms with E-state index in [1.807, 2.05) is 13.8 Å². The molecule has 3 N–H and O–H groups in total. The molecule has 4 nitrogen and oxygen atoms in total. The number of imidazole rings is 1. The van der Waals surface area contributed by atoms with Gasteiger partial charge < -0.3 is 15.2 Å². The summed E-state index contributed by atoms with van der Waals surface area (Å²) in [5, 5.41) is 18.5. The fourth-order valence-corrected chi connectivity index (χ4v) is 1.69. The Morgan fingerprint density at radius 2 is 2.23 bits per heavy atom. The largest absolute Gasteiger partial charge is 0.394 e. The minimum atomic E-state index is -0.671. The summed E-state index contributed by atoms with van der Waals surface area (Å²) in [5.74, 6) is 0.461. The minimum absolute atomic E-state index is 0.203. The van der Waals surface area contributed by atoms with Gasteiger partial charge in [-0.15, -0.1) is 0 Å². The highest BCUT2D eigenvalue weighted by atomic mass is 32.2. The third kappa shape index (κ3) is 3.02. The molecule has 1 unspecified atom stereocenters. The first kappa shape index (κ1) is 10.6. The number of aromatic nitrogens is 2. The molecule has 0 aliphatic carbocycles. The van der Waals surface area contributed by atoms with E-state index in [4.69, 9.17) is 10.2 Å². The maximum atomic E-state index is 9.08. The average molecular weight is 202 g/mol. The number of aromatic amines is 1. The fraction of sp³-hybridized carbons (Fsp3) is 0.625. The molecule has 0 radical (unpaired) electrons. The molecule has 0 saturated carbocycles. The number of aliphatic hydroxyl groups is 2. The lowest BCUT2D eigenvalue weighted by Crippen LogP contribution is -2.14. The van der Waals surface area contributed by atoms with E-state index in [1.165, 1.54) is 11.8 Å². The van der Waals surface area contributed by atoms with Crippen LogP contribution in [0.3, 0.4) is 0 Å². The van der Waals surface area contributed by atoms with Gasteiger partial charge in [0.1, 0.15) is 0 Å². The van der Waals surface area contributed by atoms with Crippen molar-refractivity contribution in [1.29, 1.82) is 0 Å². The van der Waals surface area contributed by atoms with Gasteiger partial charge in [0.05, 0.1) is 18.4 Å².